The van der Waals surface area contributed by atoms with E-state index >= 15 is 0 Å². The minimum atomic E-state index is -0.0698. The van der Waals surface area contributed by atoms with Crippen LogP contribution in [0.2, 0.25) is 0 Å². The van der Waals surface area contributed by atoms with Gasteiger partial charge in [0.1, 0.15) is 5.69 Å². The maximum Gasteiger partial charge on any atom is 0.231 e. The van der Waals surface area contributed by atoms with Crippen LogP contribution in [0.4, 0.5) is 5.69 Å². The first-order valence-electron chi connectivity index (χ1n) is 9.41. The molecular formula is C22H23N3O3. The molecular weight excluding hydrogens is 354 g/mol. The lowest BCUT2D eigenvalue weighted by Crippen LogP contribution is -2.16. The molecule has 2 aromatic carbocycles. The number of aromatic amines is 1. The van der Waals surface area contributed by atoms with Crippen LogP contribution in [0, 0.1) is 5.92 Å². The Morgan fingerprint density at radius 2 is 1.93 bits per heavy atom. The Kier molecular flexibility index (Phi) is 5.02. The van der Waals surface area contributed by atoms with E-state index in [1.54, 1.807) is 0 Å². The van der Waals surface area contributed by atoms with Crippen LogP contribution in [0.25, 0.3) is 11.3 Å². The molecule has 0 aliphatic carbocycles. The molecule has 1 aliphatic rings. The molecule has 1 aromatic heterocycles. The van der Waals surface area contributed by atoms with Crippen molar-refractivity contribution in [2.45, 2.75) is 26.7 Å². The zero-order chi connectivity index (χ0) is 19.5. The number of rotatable bonds is 6. The standard InChI is InChI=1S/C22H23N3O3/c1-14(2)10-17-22(23-20(26)11-15-6-4-3-5-7-15)21(25-24-17)16-8-9-18-19(12-16)28-13-27-18/h3-9,12,14H,10-11,13H2,1-2H3,(H,23,26)(H,24,25). The Bertz CT molecular complexity index is 980. The Hall–Kier alpha value is -3.28. The molecule has 0 fully saturated rings. The number of nitrogens with zero attached hydrogens (tertiary/aromatic N) is 1. The van der Waals surface area contributed by atoms with Gasteiger partial charge in [-0.1, -0.05) is 44.2 Å². The quantitative estimate of drug-likeness (QED) is 0.675. The largest absolute Gasteiger partial charge is 0.454 e. The summed E-state index contributed by atoms with van der Waals surface area (Å²) in [6.07, 6.45) is 1.10. The number of nitrogens with one attached hydrogen (secondary N) is 2. The van der Waals surface area contributed by atoms with Gasteiger partial charge in [0.25, 0.3) is 0 Å². The summed E-state index contributed by atoms with van der Waals surface area (Å²) in [6.45, 7) is 4.49. The lowest BCUT2D eigenvalue weighted by atomic mass is 10.0. The Morgan fingerprint density at radius 3 is 2.71 bits per heavy atom. The number of hydrogen-bond acceptors (Lipinski definition) is 4. The zero-order valence-corrected chi connectivity index (χ0v) is 16.0. The third kappa shape index (κ3) is 3.86. The highest BCUT2D eigenvalue weighted by Gasteiger charge is 2.21. The predicted molar refractivity (Wildman–Crippen MR) is 107 cm³/mol. The SMILES string of the molecule is CC(C)Cc1[nH]nc(-c2ccc3c(c2)OCO3)c1NC(=O)Cc1ccccc1. The number of ether oxygens (including phenoxy) is 2. The molecule has 0 atom stereocenters. The number of benzene rings is 2. The van der Waals surface area contributed by atoms with Crippen molar-refractivity contribution < 1.29 is 14.3 Å². The molecule has 2 heterocycles. The monoisotopic (exact) mass is 377 g/mol. The van der Waals surface area contributed by atoms with Crippen LogP contribution in [-0.4, -0.2) is 22.9 Å². The fraction of sp³-hybridized carbons (Fsp3) is 0.273. The summed E-state index contributed by atoms with van der Waals surface area (Å²) in [4.78, 5) is 12.7. The molecule has 1 aliphatic heterocycles. The summed E-state index contributed by atoms with van der Waals surface area (Å²) in [5.41, 5.74) is 4.19. The fourth-order valence-corrected chi connectivity index (χ4v) is 3.29. The van der Waals surface area contributed by atoms with E-state index in [-0.39, 0.29) is 12.7 Å². The molecule has 0 saturated heterocycles. The summed E-state index contributed by atoms with van der Waals surface area (Å²) in [5, 5.41) is 10.7. The molecule has 4 rings (SSSR count). The van der Waals surface area contributed by atoms with Crippen LogP contribution >= 0.6 is 0 Å². The van der Waals surface area contributed by atoms with Crippen molar-refractivity contribution in [2.24, 2.45) is 5.92 Å². The normalized spacial score (nSPS) is 12.4. The number of carbonyl (C=O) groups excluding carboxylic acids is 1. The van der Waals surface area contributed by atoms with Crippen LogP contribution < -0.4 is 14.8 Å². The number of carbonyl (C=O) groups is 1. The molecule has 6 heteroatoms. The number of anilines is 1. The summed E-state index contributed by atoms with van der Waals surface area (Å²) in [6, 6.07) is 15.4. The van der Waals surface area contributed by atoms with Crippen molar-refractivity contribution in [1.82, 2.24) is 10.2 Å². The van der Waals surface area contributed by atoms with Gasteiger partial charge in [-0.2, -0.15) is 5.10 Å². The fourth-order valence-electron chi connectivity index (χ4n) is 3.29. The van der Waals surface area contributed by atoms with E-state index in [2.05, 4.69) is 29.4 Å². The summed E-state index contributed by atoms with van der Waals surface area (Å²) in [5.74, 6) is 1.76. The van der Waals surface area contributed by atoms with Gasteiger partial charge in [0.2, 0.25) is 12.7 Å². The molecule has 144 valence electrons. The zero-order valence-electron chi connectivity index (χ0n) is 16.0. The average Bonchev–Trinajstić information content (AvgIpc) is 3.29. The molecule has 2 N–H and O–H groups in total. The third-order valence-corrected chi connectivity index (χ3v) is 4.57. The predicted octanol–water partition coefficient (Wildman–Crippen LogP) is 4.19. The number of fused-ring (bicyclic) bond motifs is 1. The number of hydrogen-bond donors (Lipinski definition) is 2. The average molecular weight is 377 g/mol. The van der Waals surface area contributed by atoms with Crippen molar-refractivity contribution >= 4 is 11.6 Å². The molecule has 0 spiro atoms. The summed E-state index contributed by atoms with van der Waals surface area (Å²) in [7, 11) is 0. The first kappa shape index (κ1) is 18.1. The molecule has 0 unspecified atom stereocenters. The van der Waals surface area contributed by atoms with Gasteiger partial charge in [0.15, 0.2) is 11.5 Å². The summed E-state index contributed by atoms with van der Waals surface area (Å²) >= 11 is 0. The number of amides is 1. The van der Waals surface area contributed by atoms with Gasteiger partial charge < -0.3 is 14.8 Å². The van der Waals surface area contributed by atoms with E-state index in [0.717, 1.165) is 34.7 Å². The van der Waals surface area contributed by atoms with Crippen LogP contribution in [0.5, 0.6) is 11.5 Å². The first-order valence-corrected chi connectivity index (χ1v) is 9.41. The van der Waals surface area contributed by atoms with Crippen molar-refractivity contribution in [3.05, 3.63) is 59.8 Å². The van der Waals surface area contributed by atoms with E-state index in [1.807, 2.05) is 48.5 Å². The molecule has 0 radical (unpaired) electrons. The van der Waals surface area contributed by atoms with Crippen molar-refractivity contribution in [3.8, 4) is 22.8 Å². The highest BCUT2D eigenvalue weighted by Crippen LogP contribution is 2.38. The first-order chi connectivity index (χ1) is 13.6. The molecule has 0 saturated carbocycles. The molecule has 28 heavy (non-hydrogen) atoms. The highest BCUT2D eigenvalue weighted by atomic mass is 16.7. The van der Waals surface area contributed by atoms with Gasteiger partial charge in [-0.25, -0.2) is 0 Å². The van der Waals surface area contributed by atoms with E-state index in [1.165, 1.54) is 0 Å². The van der Waals surface area contributed by atoms with Crippen molar-refractivity contribution in [3.63, 3.8) is 0 Å². The Balaban J connectivity index is 1.64. The maximum absolute atomic E-state index is 12.7. The van der Waals surface area contributed by atoms with Gasteiger partial charge in [-0.05, 0) is 36.1 Å². The molecule has 0 bridgehead atoms. The lowest BCUT2D eigenvalue weighted by molar-refractivity contribution is -0.115. The van der Waals surface area contributed by atoms with Gasteiger partial charge in [0, 0.05) is 5.56 Å². The topological polar surface area (TPSA) is 76.2 Å². The second-order valence-corrected chi connectivity index (χ2v) is 7.30. The van der Waals surface area contributed by atoms with Gasteiger partial charge >= 0.3 is 0 Å². The Labute approximate surface area is 163 Å². The highest BCUT2D eigenvalue weighted by molar-refractivity contribution is 5.96. The van der Waals surface area contributed by atoms with E-state index < -0.39 is 0 Å². The van der Waals surface area contributed by atoms with E-state index in [9.17, 15) is 4.79 Å². The van der Waals surface area contributed by atoms with E-state index in [0.29, 0.717) is 23.8 Å². The van der Waals surface area contributed by atoms with Gasteiger partial charge in [0.05, 0.1) is 17.8 Å². The van der Waals surface area contributed by atoms with Crippen LogP contribution in [0.3, 0.4) is 0 Å². The second-order valence-electron chi connectivity index (χ2n) is 7.30. The van der Waals surface area contributed by atoms with Gasteiger partial charge in [-0.3, -0.25) is 9.89 Å². The van der Waals surface area contributed by atoms with Crippen LogP contribution in [0.1, 0.15) is 25.1 Å². The third-order valence-electron chi connectivity index (χ3n) is 4.57. The number of H-pyrrole nitrogens is 1. The smallest absolute Gasteiger partial charge is 0.231 e. The number of aromatic nitrogens is 2. The van der Waals surface area contributed by atoms with E-state index in [4.69, 9.17) is 9.47 Å². The lowest BCUT2D eigenvalue weighted by Gasteiger charge is -2.10. The van der Waals surface area contributed by atoms with Gasteiger partial charge in [-0.15, -0.1) is 0 Å². The summed E-state index contributed by atoms with van der Waals surface area (Å²) < 4.78 is 10.9. The van der Waals surface area contributed by atoms with Crippen LogP contribution in [-0.2, 0) is 17.6 Å². The van der Waals surface area contributed by atoms with Crippen molar-refractivity contribution in [2.75, 3.05) is 12.1 Å². The molecule has 1 amide bonds. The molecule has 6 nitrogen and oxygen atoms in total. The second kappa shape index (κ2) is 7.76. The maximum atomic E-state index is 12.7. The Morgan fingerprint density at radius 1 is 1.14 bits per heavy atom. The van der Waals surface area contributed by atoms with Crippen molar-refractivity contribution in [1.29, 1.82) is 0 Å². The minimum absolute atomic E-state index is 0.0698. The van der Waals surface area contributed by atoms with Crippen LogP contribution in [0.15, 0.2) is 48.5 Å². The minimum Gasteiger partial charge on any atom is -0.454 e. The molecule has 3 aromatic rings.